The second kappa shape index (κ2) is 6.33. The molecule has 108 valence electrons. The first-order chi connectivity index (χ1) is 10.3. The summed E-state index contributed by atoms with van der Waals surface area (Å²) >= 11 is 1.73. The van der Waals surface area contributed by atoms with Crippen LogP contribution in [0.2, 0.25) is 0 Å². The summed E-state index contributed by atoms with van der Waals surface area (Å²) in [6.45, 7) is 6.02. The molecular weight excluding hydrogens is 278 g/mol. The standard InChI is InChI=1S/C17H19N3S/c1-3-18-12-15-17(19-16-9-4-5-10-20(15)16)21-14-8-6-7-13(2)11-14/h4-11,18H,3,12H2,1-2H3. The van der Waals surface area contributed by atoms with Crippen LogP contribution in [0, 0.1) is 6.92 Å². The fourth-order valence-electron chi connectivity index (χ4n) is 2.30. The second-order valence-corrected chi connectivity index (χ2v) is 6.05. The smallest absolute Gasteiger partial charge is 0.138 e. The number of rotatable bonds is 5. The lowest BCUT2D eigenvalue weighted by atomic mass is 10.2. The van der Waals surface area contributed by atoms with Crippen molar-refractivity contribution < 1.29 is 0 Å². The third kappa shape index (κ3) is 3.12. The molecule has 0 aliphatic carbocycles. The predicted molar refractivity (Wildman–Crippen MR) is 87.9 cm³/mol. The molecule has 0 bridgehead atoms. The van der Waals surface area contributed by atoms with Crippen LogP contribution in [0.4, 0.5) is 0 Å². The van der Waals surface area contributed by atoms with Crippen LogP contribution in [0.25, 0.3) is 5.65 Å². The molecule has 3 aromatic rings. The number of imidazole rings is 1. The lowest BCUT2D eigenvalue weighted by molar-refractivity contribution is 0.694. The molecule has 0 atom stereocenters. The van der Waals surface area contributed by atoms with Gasteiger partial charge >= 0.3 is 0 Å². The van der Waals surface area contributed by atoms with Gasteiger partial charge in [0.15, 0.2) is 0 Å². The maximum absolute atomic E-state index is 4.78. The number of nitrogens with zero attached hydrogens (tertiary/aromatic N) is 2. The second-order valence-electron chi connectivity index (χ2n) is 4.99. The monoisotopic (exact) mass is 297 g/mol. The summed E-state index contributed by atoms with van der Waals surface area (Å²) in [6, 6.07) is 14.7. The quantitative estimate of drug-likeness (QED) is 0.774. The van der Waals surface area contributed by atoms with E-state index in [1.807, 2.05) is 12.1 Å². The van der Waals surface area contributed by atoms with Gasteiger partial charge in [-0.3, -0.25) is 0 Å². The zero-order chi connectivity index (χ0) is 14.7. The van der Waals surface area contributed by atoms with Gasteiger partial charge in [-0.05, 0) is 37.7 Å². The van der Waals surface area contributed by atoms with Gasteiger partial charge in [0.2, 0.25) is 0 Å². The van der Waals surface area contributed by atoms with Gasteiger partial charge in [-0.1, -0.05) is 42.4 Å². The average Bonchev–Trinajstić information content (AvgIpc) is 2.82. The van der Waals surface area contributed by atoms with Crippen LogP contribution in [0.15, 0.2) is 58.6 Å². The van der Waals surface area contributed by atoms with E-state index in [1.165, 1.54) is 16.2 Å². The number of hydrogen-bond acceptors (Lipinski definition) is 3. The molecule has 0 amide bonds. The molecule has 1 N–H and O–H groups in total. The molecular formula is C17H19N3S. The number of nitrogens with one attached hydrogen (secondary N) is 1. The SMILES string of the molecule is CCNCc1c(Sc2cccc(C)c2)nc2ccccn12. The third-order valence-electron chi connectivity index (χ3n) is 3.34. The topological polar surface area (TPSA) is 29.3 Å². The Labute approximate surface area is 129 Å². The van der Waals surface area contributed by atoms with E-state index in [-0.39, 0.29) is 0 Å². The van der Waals surface area contributed by atoms with Gasteiger partial charge in [-0.25, -0.2) is 4.98 Å². The van der Waals surface area contributed by atoms with Gasteiger partial charge in [-0.15, -0.1) is 0 Å². The molecule has 4 heteroatoms. The number of aryl methyl sites for hydroxylation is 1. The molecule has 0 radical (unpaired) electrons. The van der Waals surface area contributed by atoms with Gasteiger partial charge < -0.3 is 9.72 Å². The summed E-state index contributed by atoms with van der Waals surface area (Å²) in [4.78, 5) is 6.01. The van der Waals surface area contributed by atoms with Crippen LogP contribution in [-0.2, 0) is 6.54 Å². The van der Waals surface area contributed by atoms with Crippen molar-refractivity contribution in [2.24, 2.45) is 0 Å². The zero-order valence-electron chi connectivity index (χ0n) is 12.3. The Hall–Kier alpha value is -1.78. The van der Waals surface area contributed by atoms with Crippen LogP contribution in [0.1, 0.15) is 18.2 Å². The minimum Gasteiger partial charge on any atom is -0.311 e. The van der Waals surface area contributed by atoms with Gasteiger partial charge in [0.1, 0.15) is 10.7 Å². The molecule has 0 aliphatic heterocycles. The van der Waals surface area contributed by atoms with Gasteiger partial charge in [0.05, 0.1) is 5.69 Å². The molecule has 0 saturated heterocycles. The normalized spacial score (nSPS) is 11.1. The summed E-state index contributed by atoms with van der Waals surface area (Å²) in [7, 11) is 0. The van der Waals surface area contributed by atoms with Crippen molar-refractivity contribution in [3.8, 4) is 0 Å². The van der Waals surface area contributed by atoms with E-state index in [0.29, 0.717) is 0 Å². The molecule has 0 fully saturated rings. The molecule has 2 heterocycles. The molecule has 2 aromatic heterocycles. The van der Waals surface area contributed by atoms with E-state index in [9.17, 15) is 0 Å². The van der Waals surface area contributed by atoms with Crippen molar-refractivity contribution in [1.82, 2.24) is 14.7 Å². The van der Waals surface area contributed by atoms with Crippen molar-refractivity contribution in [3.63, 3.8) is 0 Å². The fourth-order valence-corrected chi connectivity index (χ4v) is 3.34. The Morgan fingerprint density at radius 1 is 1.19 bits per heavy atom. The average molecular weight is 297 g/mol. The lowest BCUT2D eigenvalue weighted by Gasteiger charge is -2.06. The Kier molecular flexibility index (Phi) is 4.27. The summed E-state index contributed by atoms with van der Waals surface area (Å²) in [5.74, 6) is 0. The van der Waals surface area contributed by atoms with Crippen molar-refractivity contribution >= 4 is 17.4 Å². The first-order valence-corrected chi connectivity index (χ1v) is 8.01. The highest BCUT2D eigenvalue weighted by Crippen LogP contribution is 2.31. The number of aromatic nitrogens is 2. The summed E-state index contributed by atoms with van der Waals surface area (Å²) < 4.78 is 2.17. The molecule has 21 heavy (non-hydrogen) atoms. The maximum atomic E-state index is 4.78. The van der Waals surface area contributed by atoms with Gasteiger partial charge in [0.25, 0.3) is 0 Å². The minimum absolute atomic E-state index is 0.829. The lowest BCUT2D eigenvalue weighted by Crippen LogP contribution is -2.13. The maximum Gasteiger partial charge on any atom is 0.138 e. The number of benzene rings is 1. The summed E-state index contributed by atoms with van der Waals surface area (Å²) in [5.41, 5.74) is 3.50. The van der Waals surface area contributed by atoms with Crippen LogP contribution in [0.3, 0.4) is 0 Å². The number of hydrogen-bond donors (Lipinski definition) is 1. The van der Waals surface area contributed by atoms with E-state index in [0.717, 1.165) is 23.8 Å². The molecule has 1 aromatic carbocycles. The minimum atomic E-state index is 0.829. The Morgan fingerprint density at radius 3 is 2.90 bits per heavy atom. The van der Waals surface area contributed by atoms with Crippen LogP contribution < -0.4 is 5.32 Å². The highest BCUT2D eigenvalue weighted by atomic mass is 32.2. The first kappa shape index (κ1) is 14.2. The van der Waals surface area contributed by atoms with E-state index >= 15 is 0 Å². The molecule has 3 nitrogen and oxygen atoms in total. The fraction of sp³-hybridized carbons (Fsp3) is 0.235. The Bertz CT molecular complexity index is 749. The van der Waals surface area contributed by atoms with Crippen molar-refractivity contribution in [1.29, 1.82) is 0 Å². The largest absolute Gasteiger partial charge is 0.311 e. The molecule has 0 aliphatic rings. The predicted octanol–water partition coefficient (Wildman–Crippen LogP) is 3.90. The summed E-state index contributed by atoms with van der Waals surface area (Å²) in [6.07, 6.45) is 2.08. The zero-order valence-corrected chi connectivity index (χ0v) is 13.2. The van der Waals surface area contributed by atoms with Crippen molar-refractivity contribution in [2.45, 2.75) is 30.3 Å². The molecule has 0 unspecified atom stereocenters. The summed E-state index contributed by atoms with van der Waals surface area (Å²) in [5, 5.41) is 4.48. The Balaban J connectivity index is 2.00. The Morgan fingerprint density at radius 2 is 2.10 bits per heavy atom. The van der Waals surface area contributed by atoms with Crippen molar-refractivity contribution in [2.75, 3.05) is 6.54 Å². The van der Waals surface area contributed by atoms with E-state index < -0.39 is 0 Å². The highest BCUT2D eigenvalue weighted by molar-refractivity contribution is 7.99. The van der Waals surface area contributed by atoms with Crippen LogP contribution in [0.5, 0.6) is 0 Å². The van der Waals surface area contributed by atoms with E-state index in [4.69, 9.17) is 4.98 Å². The molecule has 3 rings (SSSR count). The highest BCUT2D eigenvalue weighted by Gasteiger charge is 2.12. The van der Waals surface area contributed by atoms with Crippen LogP contribution in [-0.4, -0.2) is 15.9 Å². The van der Waals surface area contributed by atoms with Crippen LogP contribution >= 0.6 is 11.8 Å². The number of fused-ring (bicyclic) bond motifs is 1. The van der Waals surface area contributed by atoms with Gasteiger partial charge in [-0.2, -0.15) is 0 Å². The first-order valence-electron chi connectivity index (χ1n) is 7.19. The van der Waals surface area contributed by atoms with E-state index in [1.54, 1.807) is 11.8 Å². The third-order valence-corrected chi connectivity index (χ3v) is 4.35. The van der Waals surface area contributed by atoms with E-state index in [2.05, 4.69) is 60.1 Å². The van der Waals surface area contributed by atoms with Gasteiger partial charge in [0, 0.05) is 17.6 Å². The van der Waals surface area contributed by atoms with Crippen molar-refractivity contribution in [3.05, 3.63) is 59.9 Å². The molecule has 0 saturated carbocycles. The number of pyridine rings is 1. The molecule has 0 spiro atoms.